The maximum Gasteiger partial charge on any atom is 0.359 e. The van der Waals surface area contributed by atoms with Gasteiger partial charge in [0.2, 0.25) is 0 Å². The van der Waals surface area contributed by atoms with Gasteiger partial charge in [-0.15, -0.1) is 0 Å². The van der Waals surface area contributed by atoms with Gasteiger partial charge in [-0.2, -0.15) is 5.10 Å². The van der Waals surface area contributed by atoms with Crippen molar-refractivity contribution in [2.75, 3.05) is 7.11 Å². The van der Waals surface area contributed by atoms with Crippen LogP contribution in [0.4, 0.5) is 0 Å². The smallest absolute Gasteiger partial charge is 0.359 e. The summed E-state index contributed by atoms with van der Waals surface area (Å²) in [6.07, 6.45) is 0. The minimum atomic E-state index is -0.616. The average Bonchev–Trinajstić information content (AvgIpc) is 2.56. The van der Waals surface area contributed by atoms with Crippen molar-refractivity contribution >= 4 is 17.6 Å². The second-order valence-electron chi connectivity index (χ2n) is 4.12. The minimum absolute atomic E-state index is 0.0439. The molecule has 2 aromatic rings. The lowest BCUT2D eigenvalue weighted by Crippen LogP contribution is -2.25. The molecular weight excluding hydrogens is 268 g/mol. The molecule has 0 spiro atoms. The number of hydrazone groups is 1. The van der Waals surface area contributed by atoms with E-state index in [0.717, 1.165) is 0 Å². The summed E-state index contributed by atoms with van der Waals surface area (Å²) < 4.78 is 4.68. The molecule has 0 unspecified atom stereocenters. The average molecular weight is 282 g/mol. The van der Waals surface area contributed by atoms with Gasteiger partial charge in [-0.25, -0.2) is 10.2 Å². The lowest BCUT2D eigenvalue weighted by Gasteiger charge is -2.05. The van der Waals surface area contributed by atoms with Gasteiger partial charge in [-0.1, -0.05) is 48.5 Å². The number of nitrogens with one attached hydrogen (secondary N) is 1. The highest BCUT2D eigenvalue weighted by Crippen LogP contribution is 2.03. The molecule has 0 aliphatic carbocycles. The summed E-state index contributed by atoms with van der Waals surface area (Å²) in [5.74, 6) is -1.01. The third-order valence-corrected chi connectivity index (χ3v) is 2.73. The van der Waals surface area contributed by atoms with Gasteiger partial charge in [0, 0.05) is 11.1 Å². The zero-order valence-corrected chi connectivity index (χ0v) is 11.4. The SMILES string of the molecule is COC(=O)/C(=N/NC(=O)c1ccccc1)c1ccccc1. The summed E-state index contributed by atoms with van der Waals surface area (Å²) in [6.45, 7) is 0. The van der Waals surface area contributed by atoms with Crippen LogP contribution in [0.15, 0.2) is 65.8 Å². The first-order chi connectivity index (χ1) is 10.2. The summed E-state index contributed by atoms with van der Waals surface area (Å²) in [6, 6.07) is 17.4. The Kier molecular flexibility index (Phi) is 4.82. The Morgan fingerprint density at radius 1 is 0.905 bits per heavy atom. The third kappa shape index (κ3) is 3.76. The van der Waals surface area contributed by atoms with E-state index in [9.17, 15) is 9.59 Å². The van der Waals surface area contributed by atoms with Gasteiger partial charge in [0.05, 0.1) is 7.11 Å². The number of amides is 1. The van der Waals surface area contributed by atoms with Crippen molar-refractivity contribution in [3.05, 3.63) is 71.8 Å². The molecule has 5 nitrogen and oxygen atoms in total. The molecule has 0 heterocycles. The number of hydrogen-bond acceptors (Lipinski definition) is 4. The molecule has 2 aromatic carbocycles. The van der Waals surface area contributed by atoms with Crippen LogP contribution in [-0.4, -0.2) is 24.7 Å². The van der Waals surface area contributed by atoms with E-state index in [4.69, 9.17) is 0 Å². The number of esters is 1. The molecule has 0 fully saturated rings. The second-order valence-corrected chi connectivity index (χ2v) is 4.12. The van der Waals surface area contributed by atoms with E-state index in [1.54, 1.807) is 48.5 Å². The lowest BCUT2D eigenvalue weighted by molar-refractivity contribution is -0.132. The minimum Gasteiger partial charge on any atom is -0.464 e. The number of carbonyl (C=O) groups is 2. The van der Waals surface area contributed by atoms with E-state index in [-0.39, 0.29) is 5.71 Å². The van der Waals surface area contributed by atoms with E-state index in [2.05, 4.69) is 15.3 Å². The molecule has 1 amide bonds. The molecule has 21 heavy (non-hydrogen) atoms. The third-order valence-electron chi connectivity index (χ3n) is 2.73. The molecule has 0 aliphatic rings. The highest BCUT2D eigenvalue weighted by atomic mass is 16.5. The molecule has 5 heteroatoms. The number of methoxy groups -OCH3 is 1. The second kappa shape index (κ2) is 7.00. The van der Waals surface area contributed by atoms with Crippen LogP contribution in [0, 0.1) is 0 Å². The molecule has 0 atom stereocenters. The molecule has 0 aromatic heterocycles. The first-order valence-electron chi connectivity index (χ1n) is 6.29. The summed E-state index contributed by atoms with van der Waals surface area (Å²) in [5.41, 5.74) is 3.43. The lowest BCUT2D eigenvalue weighted by atomic mass is 10.1. The van der Waals surface area contributed by atoms with Crippen LogP contribution in [-0.2, 0) is 9.53 Å². The molecule has 106 valence electrons. The Morgan fingerprint density at radius 3 is 1.95 bits per heavy atom. The number of carbonyl (C=O) groups excluding carboxylic acids is 2. The molecule has 0 saturated heterocycles. The highest BCUT2D eigenvalue weighted by Gasteiger charge is 2.15. The van der Waals surface area contributed by atoms with Crippen molar-refractivity contribution in [1.82, 2.24) is 5.43 Å². The molecule has 1 N–H and O–H groups in total. The molecule has 2 rings (SSSR count). The van der Waals surface area contributed by atoms with Crippen molar-refractivity contribution in [3.63, 3.8) is 0 Å². The number of nitrogens with zero attached hydrogens (tertiary/aromatic N) is 1. The Balaban J connectivity index is 2.22. The van der Waals surface area contributed by atoms with E-state index < -0.39 is 11.9 Å². The first-order valence-corrected chi connectivity index (χ1v) is 6.29. The van der Waals surface area contributed by atoms with Crippen molar-refractivity contribution in [3.8, 4) is 0 Å². The van der Waals surface area contributed by atoms with Crippen molar-refractivity contribution in [2.24, 2.45) is 5.10 Å². The number of hydrogen-bond donors (Lipinski definition) is 1. The summed E-state index contributed by atoms with van der Waals surface area (Å²) >= 11 is 0. The Bertz CT molecular complexity index is 652. The van der Waals surface area contributed by atoms with Crippen LogP contribution in [0.1, 0.15) is 15.9 Å². The molecule has 0 saturated carbocycles. The topological polar surface area (TPSA) is 67.8 Å². The molecule has 0 aliphatic heterocycles. The molecule has 0 bridgehead atoms. The number of benzene rings is 2. The van der Waals surface area contributed by atoms with E-state index in [1.165, 1.54) is 7.11 Å². The Morgan fingerprint density at radius 2 is 1.43 bits per heavy atom. The fraction of sp³-hybridized carbons (Fsp3) is 0.0625. The van der Waals surface area contributed by atoms with Crippen LogP contribution in [0.25, 0.3) is 0 Å². The van der Waals surface area contributed by atoms with Gasteiger partial charge < -0.3 is 4.74 Å². The van der Waals surface area contributed by atoms with E-state index in [1.807, 2.05) is 12.1 Å². The van der Waals surface area contributed by atoms with Crippen LogP contribution >= 0.6 is 0 Å². The van der Waals surface area contributed by atoms with Gasteiger partial charge in [-0.05, 0) is 12.1 Å². The maximum absolute atomic E-state index is 11.9. The largest absolute Gasteiger partial charge is 0.464 e. The summed E-state index contributed by atoms with van der Waals surface area (Å²) in [5, 5.41) is 3.88. The van der Waals surface area contributed by atoms with Crippen LogP contribution in [0.2, 0.25) is 0 Å². The fourth-order valence-corrected chi connectivity index (χ4v) is 1.68. The van der Waals surface area contributed by atoms with Gasteiger partial charge in [0.1, 0.15) is 0 Å². The predicted molar refractivity (Wildman–Crippen MR) is 78.9 cm³/mol. The number of ether oxygens (including phenoxy) is 1. The highest BCUT2D eigenvalue weighted by molar-refractivity contribution is 6.43. The van der Waals surface area contributed by atoms with Crippen LogP contribution in [0.5, 0.6) is 0 Å². The Hall–Kier alpha value is -2.95. The first kappa shape index (κ1) is 14.5. The van der Waals surface area contributed by atoms with Crippen LogP contribution in [0.3, 0.4) is 0 Å². The van der Waals surface area contributed by atoms with Crippen molar-refractivity contribution in [1.29, 1.82) is 0 Å². The summed E-state index contributed by atoms with van der Waals surface area (Å²) in [4.78, 5) is 23.7. The predicted octanol–water partition coefficient (Wildman–Crippen LogP) is 1.99. The monoisotopic (exact) mass is 282 g/mol. The molecule has 0 radical (unpaired) electrons. The van der Waals surface area contributed by atoms with E-state index in [0.29, 0.717) is 11.1 Å². The van der Waals surface area contributed by atoms with Crippen molar-refractivity contribution < 1.29 is 14.3 Å². The summed E-state index contributed by atoms with van der Waals surface area (Å²) in [7, 11) is 1.26. The molecular formula is C16H14N2O3. The Labute approximate surface area is 122 Å². The van der Waals surface area contributed by atoms with Gasteiger partial charge in [0.15, 0.2) is 5.71 Å². The zero-order valence-electron chi connectivity index (χ0n) is 11.4. The fourth-order valence-electron chi connectivity index (χ4n) is 1.68. The standard InChI is InChI=1S/C16H14N2O3/c1-21-16(20)14(12-8-4-2-5-9-12)17-18-15(19)13-10-6-3-7-11-13/h2-11H,1H3,(H,18,19)/b17-14+. The van der Waals surface area contributed by atoms with E-state index >= 15 is 0 Å². The van der Waals surface area contributed by atoms with Gasteiger partial charge in [0.25, 0.3) is 5.91 Å². The van der Waals surface area contributed by atoms with Crippen LogP contribution < -0.4 is 5.43 Å². The van der Waals surface area contributed by atoms with Gasteiger partial charge in [-0.3, -0.25) is 4.79 Å². The van der Waals surface area contributed by atoms with Gasteiger partial charge >= 0.3 is 5.97 Å². The quantitative estimate of drug-likeness (QED) is 0.530. The normalized spacial score (nSPS) is 10.8. The maximum atomic E-state index is 11.9. The zero-order chi connectivity index (χ0) is 15.1. The van der Waals surface area contributed by atoms with Crippen molar-refractivity contribution in [2.45, 2.75) is 0 Å². The number of rotatable bonds is 4.